The van der Waals surface area contributed by atoms with Crippen molar-refractivity contribution in [1.29, 1.82) is 0 Å². The minimum Gasteiger partial charge on any atom is -0.396 e. The van der Waals surface area contributed by atoms with E-state index in [1.54, 1.807) is 18.2 Å². The highest BCUT2D eigenvalue weighted by atomic mass is 79.9. The summed E-state index contributed by atoms with van der Waals surface area (Å²) in [7, 11) is 0. The SMILES string of the molecule is C[C@@H](CCO)CNC(=O)Nc1ccc(Cl)c(Br)c1. The molecule has 1 rings (SSSR count). The molecule has 0 radical (unpaired) electrons. The zero-order valence-electron chi connectivity index (χ0n) is 10.0. The van der Waals surface area contributed by atoms with Crippen molar-refractivity contribution in [2.24, 2.45) is 5.92 Å². The van der Waals surface area contributed by atoms with Crippen molar-refractivity contribution in [2.75, 3.05) is 18.5 Å². The summed E-state index contributed by atoms with van der Waals surface area (Å²) >= 11 is 9.14. The number of halogens is 2. The van der Waals surface area contributed by atoms with Crippen LogP contribution >= 0.6 is 27.5 Å². The standard InChI is InChI=1S/C12H16BrClN2O2/c1-8(4-5-17)7-15-12(18)16-9-2-3-11(14)10(13)6-9/h2-3,6,8,17H,4-5,7H2,1H3,(H2,15,16,18)/t8-/m0/s1. The molecule has 0 fully saturated rings. The molecule has 0 spiro atoms. The lowest BCUT2D eigenvalue weighted by molar-refractivity contribution is 0.243. The highest BCUT2D eigenvalue weighted by Gasteiger charge is 2.06. The number of urea groups is 1. The van der Waals surface area contributed by atoms with Gasteiger partial charge < -0.3 is 15.7 Å². The Hall–Kier alpha value is -0.780. The molecule has 18 heavy (non-hydrogen) atoms. The van der Waals surface area contributed by atoms with E-state index in [0.29, 0.717) is 23.7 Å². The molecule has 0 bridgehead atoms. The van der Waals surface area contributed by atoms with Crippen molar-refractivity contribution in [2.45, 2.75) is 13.3 Å². The van der Waals surface area contributed by atoms with Crippen molar-refractivity contribution < 1.29 is 9.90 Å². The Balaban J connectivity index is 2.42. The van der Waals surface area contributed by atoms with Crippen molar-refractivity contribution in [3.63, 3.8) is 0 Å². The van der Waals surface area contributed by atoms with Gasteiger partial charge in [-0.3, -0.25) is 0 Å². The number of rotatable bonds is 5. The molecule has 0 unspecified atom stereocenters. The fraction of sp³-hybridized carbons (Fsp3) is 0.417. The average molecular weight is 336 g/mol. The Morgan fingerprint density at radius 1 is 1.56 bits per heavy atom. The molecule has 0 saturated carbocycles. The lowest BCUT2D eigenvalue weighted by atomic mass is 10.1. The molecule has 6 heteroatoms. The first-order valence-corrected chi connectivity index (χ1v) is 6.80. The number of anilines is 1. The van der Waals surface area contributed by atoms with Gasteiger partial charge in [-0.1, -0.05) is 18.5 Å². The van der Waals surface area contributed by atoms with Crippen molar-refractivity contribution >= 4 is 39.2 Å². The van der Waals surface area contributed by atoms with E-state index in [-0.39, 0.29) is 18.6 Å². The molecule has 0 saturated heterocycles. The zero-order chi connectivity index (χ0) is 13.5. The smallest absolute Gasteiger partial charge is 0.319 e. The van der Waals surface area contributed by atoms with Gasteiger partial charge in [0.2, 0.25) is 0 Å². The molecular formula is C12H16BrClN2O2. The van der Waals surface area contributed by atoms with Crippen LogP contribution in [0.5, 0.6) is 0 Å². The van der Waals surface area contributed by atoms with E-state index in [0.717, 1.165) is 4.47 Å². The molecule has 0 aromatic heterocycles. The molecular weight excluding hydrogens is 320 g/mol. The highest BCUT2D eigenvalue weighted by Crippen LogP contribution is 2.25. The van der Waals surface area contributed by atoms with Gasteiger partial charge in [0.25, 0.3) is 0 Å². The normalized spacial score (nSPS) is 12.0. The van der Waals surface area contributed by atoms with Crippen LogP contribution in [0.4, 0.5) is 10.5 Å². The van der Waals surface area contributed by atoms with Gasteiger partial charge in [-0.15, -0.1) is 0 Å². The largest absolute Gasteiger partial charge is 0.396 e. The van der Waals surface area contributed by atoms with Gasteiger partial charge in [-0.2, -0.15) is 0 Å². The third-order valence-corrected chi connectivity index (χ3v) is 3.62. The number of amides is 2. The van der Waals surface area contributed by atoms with E-state index in [9.17, 15) is 4.79 Å². The third kappa shape index (κ3) is 5.25. The molecule has 3 N–H and O–H groups in total. The fourth-order valence-electron chi connectivity index (χ4n) is 1.34. The van der Waals surface area contributed by atoms with Gasteiger partial charge in [0.05, 0.1) is 5.02 Å². The number of aliphatic hydroxyl groups excluding tert-OH is 1. The van der Waals surface area contributed by atoms with Crippen LogP contribution in [0.1, 0.15) is 13.3 Å². The number of nitrogens with one attached hydrogen (secondary N) is 2. The summed E-state index contributed by atoms with van der Waals surface area (Å²) in [6.45, 7) is 2.63. The number of aliphatic hydroxyl groups is 1. The number of benzene rings is 1. The van der Waals surface area contributed by atoms with Gasteiger partial charge in [-0.25, -0.2) is 4.79 Å². The second kappa shape index (κ2) is 7.61. The summed E-state index contributed by atoms with van der Waals surface area (Å²) in [5.74, 6) is 0.248. The predicted octanol–water partition coefficient (Wildman–Crippen LogP) is 3.24. The quantitative estimate of drug-likeness (QED) is 0.773. The number of hydrogen-bond acceptors (Lipinski definition) is 2. The minimum absolute atomic E-state index is 0.134. The van der Waals surface area contributed by atoms with Gasteiger partial charge >= 0.3 is 6.03 Å². The lowest BCUT2D eigenvalue weighted by Crippen LogP contribution is -2.32. The monoisotopic (exact) mass is 334 g/mol. The summed E-state index contributed by atoms with van der Waals surface area (Å²) < 4.78 is 0.732. The summed E-state index contributed by atoms with van der Waals surface area (Å²) in [6, 6.07) is 4.90. The van der Waals surface area contributed by atoms with E-state index in [1.165, 1.54) is 0 Å². The molecule has 100 valence electrons. The Bertz CT molecular complexity index is 415. The van der Waals surface area contributed by atoms with Crippen LogP contribution < -0.4 is 10.6 Å². The van der Waals surface area contributed by atoms with Crippen molar-refractivity contribution in [3.05, 3.63) is 27.7 Å². The van der Waals surface area contributed by atoms with E-state index >= 15 is 0 Å². The molecule has 0 aliphatic heterocycles. The molecule has 4 nitrogen and oxygen atoms in total. The van der Waals surface area contributed by atoms with E-state index in [1.807, 2.05) is 6.92 Å². The Morgan fingerprint density at radius 3 is 2.89 bits per heavy atom. The maximum Gasteiger partial charge on any atom is 0.319 e. The van der Waals surface area contributed by atoms with E-state index < -0.39 is 0 Å². The van der Waals surface area contributed by atoms with E-state index in [4.69, 9.17) is 16.7 Å². The molecule has 1 aromatic rings. The van der Waals surface area contributed by atoms with Gasteiger partial charge in [0.1, 0.15) is 0 Å². The molecule has 1 atom stereocenters. The van der Waals surface area contributed by atoms with Crippen LogP contribution in [-0.2, 0) is 0 Å². The highest BCUT2D eigenvalue weighted by molar-refractivity contribution is 9.10. The average Bonchev–Trinajstić information content (AvgIpc) is 2.32. The number of carbonyl (C=O) groups excluding carboxylic acids is 1. The molecule has 2 amide bonds. The first-order chi connectivity index (χ1) is 8.52. The molecule has 0 aliphatic rings. The lowest BCUT2D eigenvalue weighted by Gasteiger charge is -2.12. The summed E-state index contributed by atoms with van der Waals surface area (Å²) in [4.78, 5) is 11.6. The van der Waals surface area contributed by atoms with Crippen LogP contribution in [0, 0.1) is 5.92 Å². The summed E-state index contributed by atoms with van der Waals surface area (Å²) in [5, 5.41) is 14.8. The van der Waals surface area contributed by atoms with Crippen LogP contribution in [0.2, 0.25) is 5.02 Å². The topological polar surface area (TPSA) is 61.4 Å². The first-order valence-electron chi connectivity index (χ1n) is 5.63. The Morgan fingerprint density at radius 2 is 2.28 bits per heavy atom. The Kier molecular flexibility index (Phi) is 6.46. The third-order valence-electron chi connectivity index (χ3n) is 2.41. The molecule has 0 aliphatic carbocycles. The van der Waals surface area contributed by atoms with Crippen LogP contribution in [-0.4, -0.2) is 24.3 Å². The summed E-state index contributed by atoms with van der Waals surface area (Å²) in [5.41, 5.74) is 0.665. The molecule has 1 aromatic carbocycles. The van der Waals surface area contributed by atoms with E-state index in [2.05, 4.69) is 26.6 Å². The van der Waals surface area contributed by atoms with Crippen LogP contribution in [0.15, 0.2) is 22.7 Å². The van der Waals surface area contributed by atoms with Gasteiger partial charge in [0.15, 0.2) is 0 Å². The first kappa shape index (κ1) is 15.3. The van der Waals surface area contributed by atoms with Crippen LogP contribution in [0.25, 0.3) is 0 Å². The second-order valence-corrected chi connectivity index (χ2v) is 5.34. The fourth-order valence-corrected chi connectivity index (χ4v) is 1.83. The zero-order valence-corrected chi connectivity index (χ0v) is 12.4. The van der Waals surface area contributed by atoms with Crippen molar-refractivity contribution in [1.82, 2.24) is 5.32 Å². The predicted molar refractivity (Wildman–Crippen MR) is 77.0 cm³/mol. The van der Waals surface area contributed by atoms with Gasteiger partial charge in [-0.05, 0) is 46.5 Å². The molecule has 0 heterocycles. The minimum atomic E-state index is -0.269. The summed E-state index contributed by atoms with van der Waals surface area (Å²) in [6.07, 6.45) is 0.673. The number of hydrogen-bond donors (Lipinski definition) is 3. The van der Waals surface area contributed by atoms with Crippen molar-refractivity contribution in [3.8, 4) is 0 Å². The number of carbonyl (C=O) groups is 1. The maximum absolute atomic E-state index is 11.6. The second-order valence-electron chi connectivity index (χ2n) is 4.08. The van der Waals surface area contributed by atoms with Crippen LogP contribution in [0.3, 0.4) is 0 Å². The maximum atomic E-state index is 11.6. The Labute approximate surface area is 120 Å². The van der Waals surface area contributed by atoms with Gasteiger partial charge in [0, 0.05) is 23.3 Å².